The van der Waals surface area contributed by atoms with Gasteiger partial charge in [0.1, 0.15) is 22.0 Å². The number of ketones is 1. The van der Waals surface area contributed by atoms with Crippen LogP contribution >= 0.6 is 0 Å². The molecule has 0 radical (unpaired) electrons. The quantitative estimate of drug-likeness (QED) is 0.0769. The molecule has 192 valence electrons. The molecule has 0 aliphatic carbocycles. The van der Waals surface area contributed by atoms with E-state index in [1.165, 1.54) is 12.3 Å². The second-order valence-corrected chi connectivity index (χ2v) is 9.74. The van der Waals surface area contributed by atoms with Crippen molar-refractivity contribution in [1.82, 2.24) is 4.98 Å². The summed E-state index contributed by atoms with van der Waals surface area (Å²) in [5, 5.41) is 16.1. The van der Waals surface area contributed by atoms with Crippen LogP contribution in [0.3, 0.4) is 0 Å². The Hall–Kier alpha value is -5.13. The van der Waals surface area contributed by atoms with Gasteiger partial charge in [-0.25, -0.2) is 0 Å². The summed E-state index contributed by atoms with van der Waals surface area (Å²) in [6, 6.07) is 27.2. The van der Waals surface area contributed by atoms with Crippen molar-refractivity contribution in [2.75, 3.05) is 0 Å². The van der Waals surface area contributed by atoms with Gasteiger partial charge in [-0.05, 0) is 18.2 Å². The molecule has 11 heteroatoms. The number of aromatic nitrogens is 1. The lowest BCUT2D eigenvalue weighted by molar-refractivity contribution is 0.103. The molecular formula is C28H20N6O4S. The van der Waals surface area contributed by atoms with Crippen molar-refractivity contribution in [2.45, 2.75) is 4.90 Å². The molecule has 5 aromatic rings. The minimum Gasteiger partial charge on any atom is -0.305 e. The van der Waals surface area contributed by atoms with E-state index in [0.29, 0.717) is 27.9 Å². The van der Waals surface area contributed by atoms with E-state index in [1.54, 1.807) is 54.6 Å². The van der Waals surface area contributed by atoms with Crippen molar-refractivity contribution in [3.8, 4) is 11.3 Å². The van der Waals surface area contributed by atoms with Gasteiger partial charge < -0.3 is 5.84 Å². The molecule has 39 heavy (non-hydrogen) atoms. The van der Waals surface area contributed by atoms with Crippen LogP contribution < -0.4 is 5.84 Å². The molecule has 0 amide bonds. The number of azo groups is 1. The highest BCUT2D eigenvalue weighted by atomic mass is 32.2. The van der Waals surface area contributed by atoms with Crippen LogP contribution in [0.4, 0.5) is 17.1 Å². The molecule has 4 aromatic carbocycles. The molecule has 0 atom stereocenters. The topological polar surface area (TPSA) is 160 Å². The fourth-order valence-corrected chi connectivity index (χ4v) is 4.76. The maximum absolute atomic E-state index is 12.6. The fraction of sp³-hybridized carbons (Fsp3) is 0. The number of nitrogens with two attached hydrogens (primary N) is 1. The standard InChI is InChI=1S/C28H20N6O4S/c29-34-33-27-23-9-5-4-8-22(23)26(39(36,37)38)16-25(27)32-31-21-14-15-24(30-17-21)18-10-12-20(13-11-18)28(35)19-6-2-1-3-7-19/h1-17H,(H2,29,33)(H,36,37,38). The first kappa shape index (κ1) is 25.5. The molecule has 0 unspecified atom stereocenters. The lowest BCUT2D eigenvalue weighted by Gasteiger charge is -2.08. The molecule has 0 saturated carbocycles. The summed E-state index contributed by atoms with van der Waals surface area (Å²) in [4.78, 5) is 16.7. The van der Waals surface area contributed by atoms with Crippen LogP contribution in [0.5, 0.6) is 0 Å². The number of carbonyl (C=O) groups is 1. The maximum Gasteiger partial charge on any atom is 0.295 e. The van der Waals surface area contributed by atoms with Crippen LogP contribution in [0.25, 0.3) is 22.0 Å². The molecule has 0 bridgehead atoms. The Balaban J connectivity index is 1.43. The Labute approximate surface area is 223 Å². The van der Waals surface area contributed by atoms with Crippen LogP contribution in [0, 0.1) is 0 Å². The zero-order valence-corrected chi connectivity index (χ0v) is 21.0. The number of rotatable bonds is 7. The van der Waals surface area contributed by atoms with Crippen LogP contribution in [0.1, 0.15) is 15.9 Å². The first-order valence-corrected chi connectivity index (χ1v) is 13.0. The van der Waals surface area contributed by atoms with Gasteiger partial charge in [-0.1, -0.05) is 84.1 Å². The summed E-state index contributed by atoms with van der Waals surface area (Å²) >= 11 is 0. The van der Waals surface area contributed by atoms with Crippen LogP contribution in [-0.4, -0.2) is 23.7 Å². The normalized spacial score (nSPS) is 11.9. The van der Waals surface area contributed by atoms with Gasteiger partial charge in [0.2, 0.25) is 0 Å². The average molecular weight is 537 g/mol. The summed E-state index contributed by atoms with van der Waals surface area (Å²) < 4.78 is 33.8. The van der Waals surface area contributed by atoms with E-state index in [-0.39, 0.29) is 27.4 Å². The van der Waals surface area contributed by atoms with E-state index < -0.39 is 10.1 Å². The van der Waals surface area contributed by atoms with E-state index in [1.807, 2.05) is 30.3 Å². The molecule has 0 spiro atoms. The van der Waals surface area contributed by atoms with Crippen molar-refractivity contribution >= 4 is 43.7 Å². The third-order valence-corrected chi connectivity index (χ3v) is 6.79. The van der Waals surface area contributed by atoms with Gasteiger partial charge in [-0.3, -0.25) is 14.3 Å². The second kappa shape index (κ2) is 10.7. The minimum atomic E-state index is -4.57. The highest BCUT2D eigenvalue weighted by Crippen LogP contribution is 2.40. The van der Waals surface area contributed by atoms with Crippen LogP contribution in [0.15, 0.2) is 129 Å². The highest BCUT2D eigenvalue weighted by molar-refractivity contribution is 7.86. The zero-order chi connectivity index (χ0) is 27.4. The Kier molecular flexibility index (Phi) is 7.00. The zero-order valence-electron chi connectivity index (χ0n) is 20.2. The van der Waals surface area contributed by atoms with E-state index in [0.717, 1.165) is 11.6 Å². The van der Waals surface area contributed by atoms with Crippen molar-refractivity contribution in [2.24, 2.45) is 26.4 Å². The fourth-order valence-electron chi connectivity index (χ4n) is 4.04. The molecule has 0 saturated heterocycles. The molecule has 0 aliphatic rings. The molecule has 5 rings (SSSR count). The van der Waals surface area contributed by atoms with Crippen molar-refractivity contribution in [3.05, 3.63) is 114 Å². The molecule has 10 nitrogen and oxygen atoms in total. The van der Waals surface area contributed by atoms with E-state index in [4.69, 9.17) is 5.84 Å². The Morgan fingerprint density at radius 1 is 0.769 bits per heavy atom. The number of benzene rings is 4. The molecule has 3 N–H and O–H groups in total. The molecule has 1 heterocycles. The number of nitrogens with zero attached hydrogens (tertiary/aromatic N) is 5. The van der Waals surface area contributed by atoms with Gasteiger partial charge in [0.05, 0.1) is 11.9 Å². The number of hydrogen-bond acceptors (Lipinski definition) is 8. The maximum atomic E-state index is 12.6. The second-order valence-electron chi connectivity index (χ2n) is 8.35. The number of carbonyl (C=O) groups excluding carboxylic acids is 1. The third kappa shape index (κ3) is 5.44. The number of pyridine rings is 1. The van der Waals surface area contributed by atoms with E-state index >= 15 is 0 Å². The van der Waals surface area contributed by atoms with Gasteiger partial charge in [0, 0.05) is 27.5 Å². The van der Waals surface area contributed by atoms with Gasteiger partial charge in [-0.2, -0.15) is 8.42 Å². The Morgan fingerprint density at radius 3 is 2.08 bits per heavy atom. The smallest absolute Gasteiger partial charge is 0.295 e. The van der Waals surface area contributed by atoms with Gasteiger partial charge in [0.25, 0.3) is 10.1 Å². The van der Waals surface area contributed by atoms with Crippen molar-refractivity contribution in [1.29, 1.82) is 0 Å². The first-order chi connectivity index (χ1) is 18.8. The lowest BCUT2D eigenvalue weighted by Crippen LogP contribution is -2.00. The summed E-state index contributed by atoms with van der Waals surface area (Å²) in [5.74, 6) is 5.20. The van der Waals surface area contributed by atoms with E-state index in [2.05, 4.69) is 25.5 Å². The Bertz CT molecular complexity index is 1840. The predicted octanol–water partition coefficient (Wildman–Crippen LogP) is 6.75. The summed E-state index contributed by atoms with van der Waals surface area (Å²) in [6.07, 6.45) is 1.50. The molecular weight excluding hydrogens is 516 g/mol. The minimum absolute atomic E-state index is 0.0401. The molecule has 1 aromatic heterocycles. The number of fused-ring (bicyclic) bond motifs is 1. The van der Waals surface area contributed by atoms with Gasteiger partial charge >= 0.3 is 0 Å². The molecule has 0 aliphatic heterocycles. The van der Waals surface area contributed by atoms with E-state index in [9.17, 15) is 17.8 Å². The summed E-state index contributed by atoms with van der Waals surface area (Å²) in [6.45, 7) is 0. The summed E-state index contributed by atoms with van der Waals surface area (Å²) in [5.41, 5.74) is 3.26. The monoisotopic (exact) mass is 536 g/mol. The lowest BCUT2D eigenvalue weighted by atomic mass is 10.0. The highest BCUT2D eigenvalue weighted by Gasteiger charge is 2.20. The number of hydrogen-bond donors (Lipinski definition) is 2. The largest absolute Gasteiger partial charge is 0.305 e. The first-order valence-electron chi connectivity index (χ1n) is 11.6. The van der Waals surface area contributed by atoms with Crippen molar-refractivity contribution < 1.29 is 17.8 Å². The SMILES string of the molecule is NN=Nc1c(N=Nc2ccc(-c3ccc(C(=O)c4ccccc4)cc3)nc2)cc(S(=O)(=O)O)c2ccccc12. The van der Waals surface area contributed by atoms with Gasteiger partial charge in [0.15, 0.2) is 5.78 Å². The predicted molar refractivity (Wildman–Crippen MR) is 146 cm³/mol. The Morgan fingerprint density at radius 2 is 1.44 bits per heavy atom. The third-order valence-electron chi connectivity index (χ3n) is 5.89. The average Bonchev–Trinajstić information content (AvgIpc) is 2.96. The van der Waals surface area contributed by atoms with Crippen LogP contribution in [0.2, 0.25) is 0 Å². The molecule has 0 fully saturated rings. The van der Waals surface area contributed by atoms with Crippen LogP contribution in [-0.2, 0) is 10.1 Å². The van der Waals surface area contributed by atoms with Gasteiger partial charge in [-0.15, -0.1) is 15.3 Å². The van der Waals surface area contributed by atoms with Crippen molar-refractivity contribution in [3.63, 3.8) is 0 Å². The summed E-state index contributed by atoms with van der Waals surface area (Å²) in [7, 11) is -4.57.